The van der Waals surface area contributed by atoms with Crippen LogP contribution in [0, 0.1) is 0 Å². The maximum absolute atomic E-state index is 12.5. The maximum atomic E-state index is 12.5. The van der Waals surface area contributed by atoms with E-state index in [1.807, 2.05) is 60.7 Å². The molecule has 0 spiro atoms. The summed E-state index contributed by atoms with van der Waals surface area (Å²) in [5.74, 6) is -0.239. The van der Waals surface area contributed by atoms with Crippen molar-refractivity contribution in [2.24, 2.45) is 0 Å². The van der Waals surface area contributed by atoms with E-state index in [2.05, 4.69) is 15.0 Å². The number of carbonyl (C=O) groups is 1. The van der Waals surface area contributed by atoms with Gasteiger partial charge in [-0.25, -0.2) is 18.1 Å². The Morgan fingerprint density at radius 1 is 0.967 bits per heavy atom. The molecule has 0 aliphatic rings. The SMILES string of the molecule is O=C(CCNS(=O)(=O)c1ccc(Cl)nc1)N[C@@H](Cc1ccccc1)c1ccccc1. The molecule has 0 saturated carbocycles. The lowest BCUT2D eigenvalue weighted by Crippen LogP contribution is -2.33. The molecule has 156 valence electrons. The third-order valence-electron chi connectivity index (χ3n) is 4.47. The molecule has 1 amide bonds. The molecule has 0 radical (unpaired) electrons. The highest BCUT2D eigenvalue weighted by molar-refractivity contribution is 7.89. The van der Waals surface area contributed by atoms with Gasteiger partial charge in [0.2, 0.25) is 15.9 Å². The van der Waals surface area contributed by atoms with E-state index in [1.54, 1.807) is 0 Å². The summed E-state index contributed by atoms with van der Waals surface area (Å²) < 4.78 is 27.0. The first-order valence-corrected chi connectivity index (χ1v) is 11.3. The molecule has 1 aromatic heterocycles. The van der Waals surface area contributed by atoms with Gasteiger partial charge in [-0.05, 0) is 29.7 Å². The van der Waals surface area contributed by atoms with Gasteiger partial charge in [-0.1, -0.05) is 72.3 Å². The second kappa shape index (κ2) is 10.3. The zero-order valence-electron chi connectivity index (χ0n) is 16.2. The smallest absolute Gasteiger partial charge is 0.242 e. The molecule has 3 rings (SSSR count). The number of halogens is 1. The normalized spacial score (nSPS) is 12.3. The van der Waals surface area contributed by atoms with Crippen LogP contribution in [0.4, 0.5) is 0 Å². The third kappa shape index (κ3) is 6.38. The molecule has 1 atom stereocenters. The predicted molar refractivity (Wildman–Crippen MR) is 117 cm³/mol. The van der Waals surface area contributed by atoms with Crippen molar-refractivity contribution in [1.82, 2.24) is 15.0 Å². The van der Waals surface area contributed by atoms with Gasteiger partial charge in [0.15, 0.2) is 0 Å². The third-order valence-corrected chi connectivity index (χ3v) is 6.14. The van der Waals surface area contributed by atoms with Crippen molar-refractivity contribution in [2.75, 3.05) is 6.54 Å². The van der Waals surface area contributed by atoms with Crippen LogP contribution in [0.1, 0.15) is 23.6 Å². The lowest BCUT2D eigenvalue weighted by molar-refractivity contribution is -0.121. The van der Waals surface area contributed by atoms with Crippen LogP contribution in [-0.4, -0.2) is 25.9 Å². The number of hydrogen-bond acceptors (Lipinski definition) is 4. The van der Waals surface area contributed by atoms with Gasteiger partial charge in [0.1, 0.15) is 10.0 Å². The minimum absolute atomic E-state index is 0.00134. The zero-order chi connectivity index (χ0) is 21.4. The van der Waals surface area contributed by atoms with Gasteiger partial charge in [-0.15, -0.1) is 0 Å². The fourth-order valence-electron chi connectivity index (χ4n) is 2.96. The number of amides is 1. The van der Waals surface area contributed by atoms with E-state index in [1.165, 1.54) is 18.3 Å². The van der Waals surface area contributed by atoms with Gasteiger partial charge in [-0.2, -0.15) is 0 Å². The summed E-state index contributed by atoms with van der Waals surface area (Å²) in [6, 6.07) is 22.1. The Kier molecular flexibility index (Phi) is 7.57. The largest absolute Gasteiger partial charge is 0.349 e. The summed E-state index contributed by atoms with van der Waals surface area (Å²) in [6.07, 6.45) is 1.83. The molecule has 6 nitrogen and oxygen atoms in total. The summed E-state index contributed by atoms with van der Waals surface area (Å²) in [6.45, 7) is -0.0242. The van der Waals surface area contributed by atoms with E-state index < -0.39 is 10.0 Å². The molecule has 30 heavy (non-hydrogen) atoms. The van der Waals surface area contributed by atoms with Crippen molar-refractivity contribution in [2.45, 2.75) is 23.8 Å². The monoisotopic (exact) mass is 443 g/mol. The van der Waals surface area contributed by atoms with Crippen LogP contribution in [0.25, 0.3) is 0 Å². The summed E-state index contributed by atoms with van der Waals surface area (Å²) in [5, 5.41) is 3.22. The van der Waals surface area contributed by atoms with Crippen LogP contribution in [0.15, 0.2) is 83.9 Å². The van der Waals surface area contributed by atoms with Gasteiger partial charge in [-0.3, -0.25) is 4.79 Å². The topological polar surface area (TPSA) is 88.2 Å². The molecule has 0 fully saturated rings. The summed E-state index contributed by atoms with van der Waals surface area (Å²) in [4.78, 5) is 16.3. The second-order valence-corrected chi connectivity index (χ2v) is 8.84. The van der Waals surface area contributed by atoms with Crippen molar-refractivity contribution >= 4 is 27.5 Å². The fourth-order valence-corrected chi connectivity index (χ4v) is 4.05. The molecule has 0 aliphatic carbocycles. The first-order valence-electron chi connectivity index (χ1n) is 9.43. The molecule has 3 aromatic rings. The number of rotatable bonds is 9. The number of carbonyl (C=O) groups excluding carboxylic acids is 1. The predicted octanol–water partition coefficient (Wildman–Crippen LogP) is 3.50. The molecule has 8 heteroatoms. The van der Waals surface area contributed by atoms with Gasteiger partial charge < -0.3 is 5.32 Å². The summed E-state index contributed by atoms with van der Waals surface area (Å²) >= 11 is 5.69. The zero-order valence-corrected chi connectivity index (χ0v) is 17.7. The lowest BCUT2D eigenvalue weighted by Gasteiger charge is -2.20. The Hall–Kier alpha value is -2.74. The van der Waals surface area contributed by atoms with E-state index in [-0.39, 0.29) is 35.0 Å². The standard InChI is InChI=1S/C22H22ClN3O3S/c23-21-12-11-19(16-24-21)30(28,29)25-14-13-22(27)26-20(18-9-5-2-6-10-18)15-17-7-3-1-4-8-17/h1-12,16,20,25H,13-15H2,(H,26,27)/t20-/m0/s1. The van der Waals surface area contributed by atoms with Crippen molar-refractivity contribution in [3.05, 3.63) is 95.3 Å². The van der Waals surface area contributed by atoms with Crippen molar-refractivity contribution in [1.29, 1.82) is 0 Å². The van der Waals surface area contributed by atoms with Gasteiger partial charge >= 0.3 is 0 Å². The number of sulfonamides is 1. The molecule has 1 heterocycles. The Balaban J connectivity index is 1.59. The van der Waals surface area contributed by atoms with Crippen LogP contribution in [-0.2, 0) is 21.2 Å². The average molecular weight is 444 g/mol. The molecular formula is C22H22ClN3O3S. The van der Waals surface area contributed by atoms with Crippen LogP contribution < -0.4 is 10.0 Å². The first kappa shape index (κ1) is 22.0. The highest BCUT2D eigenvalue weighted by Crippen LogP contribution is 2.18. The van der Waals surface area contributed by atoms with E-state index in [0.29, 0.717) is 6.42 Å². The van der Waals surface area contributed by atoms with E-state index in [0.717, 1.165) is 11.1 Å². The van der Waals surface area contributed by atoms with E-state index >= 15 is 0 Å². The Morgan fingerprint density at radius 3 is 2.27 bits per heavy atom. The molecule has 0 aliphatic heterocycles. The van der Waals surface area contributed by atoms with Crippen LogP contribution in [0.2, 0.25) is 5.15 Å². The van der Waals surface area contributed by atoms with Gasteiger partial charge in [0.05, 0.1) is 6.04 Å². The minimum Gasteiger partial charge on any atom is -0.349 e. The molecule has 2 N–H and O–H groups in total. The number of benzene rings is 2. The summed E-state index contributed by atoms with van der Waals surface area (Å²) in [7, 11) is -3.75. The quantitative estimate of drug-likeness (QED) is 0.495. The van der Waals surface area contributed by atoms with E-state index in [4.69, 9.17) is 11.6 Å². The number of aromatic nitrogens is 1. The Bertz CT molecular complexity index is 1060. The number of nitrogens with zero attached hydrogens (tertiary/aromatic N) is 1. The summed E-state index contributed by atoms with van der Waals surface area (Å²) in [5.41, 5.74) is 2.09. The van der Waals surface area contributed by atoms with Crippen molar-refractivity contribution < 1.29 is 13.2 Å². The van der Waals surface area contributed by atoms with Crippen molar-refractivity contribution in [3.63, 3.8) is 0 Å². The van der Waals surface area contributed by atoms with Crippen LogP contribution in [0.3, 0.4) is 0 Å². The molecule has 2 aromatic carbocycles. The van der Waals surface area contributed by atoms with Crippen molar-refractivity contribution in [3.8, 4) is 0 Å². The van der Waals surface area contributed by atoms with E-state index in [9.17, 15) is 13.2 Å². The maximum Gasteiger partial charge on any atom is 0.242 e. The van der Waals surface area contributed by atoms with Crippen LogP contribution >= 0.6 is 11.6 Å². The highest BCUT2D eigenvalue weighted by Gasteiger charge is 2.17. The number of nitrogens with one attached hydrogen (secondary N) is 2. The number of hydrogen-bond donors (Lipinski definition) is 2. The molecule has 0 unspecified atom stereocenters. The first-order chi connectivity index (χ1) is 14.4. The Labute approximate surface area is 181 Å². The molecule has 0 bridgehead atoms. The average Bonchev–Trinajstić information content (AvgIpc) is 2.75. The molecular weight excluding hydrogens is 422 g/mol. The lowest BCUT2D eigenvalue weighted by atomic mass is 9.98. The molecule has 0 saturated heterocycles. The van der Waals surface area contributed by atoms with Gasteiger partial charge in [0.25, 0.3) is 0 Å². The highest BCUT2D eigenvalue weighted by atomic mass is 35.5. The van der Waals surface area contributed by atoms with Gasteiger partial charge in [0, 0.05) is 19.2 Å². The second-order valence-electron chi connectivity index (χ2n) is 6.68. The Morgan fingerprint density at radius 2 is 1.63 bits per heavy atom. The number of pyridine rings is 1. The fraction of sp³-hybridized carbons (Fsp3) is 0.182. The minimum atomic E-state index is -3.75. The van der Waals surface area contributed by atoms with Crippen LogP contribution in [0.5, 0.6) is 0 Å².